The second-order valence-corrected chi connectivity index (χ2v) is 6.19. The predicted molar refractivity (Wildman–Crippen MR) is 85.6 cm³/mol. The SMILES string of the molecule is CCOC(=O)C1(C)CCCN1C(=O)Cc1c(C)cccc1C. The molecule has 0 bridgehead atoms. The summed E-state index contributed by atoms with van der Waals surface area (Å²) in [7, 11) is 0. The monoisotopic (exact) mass is 303 g/mol. The predicted octanol–water partition coefficient (Wildman–Crippen LogP) is 2.79. The Morgan fingerprint density at radius 1 is 1.27 bits per heavy atom. The normalized spacial score (nSPS) is 21.0. The summed E-state index contributed by atoms with van der Waals surface area (Å²) >= 11 is 0. The third-order valence-electron chi connectivity index (χ3n) is 4.63. The minimum atomic E-state index is -0.816. The first-order chi connectivity index (χ1) is 10.4. The Balaban J connectivity index is 2.20. The molecule has 1 aromatic rings. The van der Waals surface area contributed by atoms with E-state index < -0.39 is 5.54 Å². The Kier molecular flexibility index (Phi) is 4.89. The van der Waals surface area contributed by atoms with E-state index in [4.69, 9.17) is 4.74 Å². The van der Waals surface area contributed by atoms with Gasteiger partial charge in [-0.05, 0) is 57.2 Å². The molecule has 1 heterocycles. The van der Waals surface area contributed by atoms with Crippen LogP contribution in [0.5, 0.6) is 0 Å². The van der Waals surface area contributed by atoms with Crippen molar-refractivity contribution in [3.8, 4) is 0 Å². The summed E-state index contributed by atoms with van der Waals surface area (Å²) < 4.78 is 5.17. The molecule has 0 radical (unpaired) electrons. The highest BCUT2D eigenvalue weighted by molar-refractivity contribution is 5.89. The lowest BCUT2D eigenvalue weighted by Crippen LogP contribution is -2.52. The van der Waals surface area contributed by atoms with Gasteiger partial charge in [0.1, 0.15) is 5.54 Å². The van der Waals surface area contributed by atoms with Crippen molar-refractivity contribution in [1.29, 1.82) is 0 Å². The van der Waals surface area contributed by atoms with Gasteiger partial charge in [-0.15, -0.1) is 0 Å². The number of hydrogen-bond acceptors (Lipinski definition) is 3. The van der Waals surface area contributed by atoms with Crippen LogP contribution in [0.15, 0.2) is 18.2 Å². The van der Waals surface area contributed by atoms with Crippen molar-refractivity contribution in [2.75, 3.05) is 13.2 Å². The van der Waals surface area contributed by atoms with Gasteiger partial charge in [-0.25, -0.2) is 4.79 Å². The fourth-order valence-electron chi connectivity index (χ4n) is 3.24. The largest absolute Gasteiger partial charge is 0.464 e. The van der Waals surface area contributed by atoms with Crippen LogP contribution in [0.25, 0.3) is 0 Å². The molecule has 22 heavy (non-hydrogen) atoms. The zero-order valence-corrected chi connectivity index (χ0v) is 13.9. The van der Waals surface area contributed by atoms with Crippen molar-refractivity contribution in [3.63, 3.8) is 0 Å². The molecular weight excluding hydrogens is 278 g/mol. The molecule has 0 aromatic heterocycles. The van der Waals surface area contributed by atoms with Crippen molar-refractivity contribution < 1.29 is 14.3 Å². The van der Waals surface area contributed by atoms with Crippen LogP contribution in [0, 0.1) is 13.8 Å². The average molecular weight is 303 g/mol. The number of rotatable bonds is 4. The van der Waals surface area contributed by atoms with Gasteiger partial charge in [0.2, 0.25) is 5.91 Å². The Morgan fingerprint density at radius 2 is 1.91 bits per heavy atom. The molecule has 1 aliphatic heterocycles. The lowest BCUT2D eigenvalue weighted by Gasteiger charge is -2.33. The Bertz CT molecular complexity index is 561. The number of likely N-dealkylation sites (tertiary alicyclic amines) is 1. The maximum atomic E-state index is 12.8. The lowest BCUT2D eigenvalue weighted by atomic mass is 9.96. The van der Waals surface area contributed by atoms with Crippen molar-refractivity contribution in [3.05, 3.63) is 34.9 Å². The van der Waals surface area contributed by atoms with Gasteiger partial charge in [0, 0.05) is 6.54 Å². The van der Waals surface area contributed by atoms with E-state index >= 15 is 0 Å². The lowest BCUT2D eigenvalue weighted by molar-refractivity contribution is -0.160. The van der Waals surface area contributed by atoms with Crippen LogP contribution in [-0.4, -0.2) is 35.5 Å². The third-order valence-corrected chi connectivity index (χ3v) is 4.63. The van der Waals surface area contributed by atoms with Crippen molar-refractivity contribution in [2.45, 2.75) is 52.5 Å². The average Bonchev–Trinajstić information content (AvgIpc) is 2.86. The highest BCUT2D eigenvalue weighted by Crippen LogP contribution is 2.31. The molecule has 1 amide bonds. The van der Waals surface area contributed by atoms with Gasteiger partial charge >= 0.3 is 5.97 Å². The van der Waals surface area contributed by atoms with Crippen LogP contribution in [0.2, 0.25) is 0 Å². The summed E-state index contributed by atoms with van der Waals surface area (Å²) in [6, 6.07) is 6.03. The summed E-state index contributed by atoms with van der Waals surface area (Å²) in [4.78, 5) is 26.7. The first-order valence-electron chi connectivity index (χ1n) is 7.93. The molecule has 1 aliphatic rings. The molecule has 4 nitrogen and oxygen atoms in total. The van der Waals surface area contributed by atoms with Crippen LogP contribution in [0.3, 0.4) is 0 Å². The first-order valence-corrected chi connectivity index (χ1v) is 7.93. The van der Waals surface area contributed by atoms with Crippen LogP contribution in [0.1, 0.15) is 43.4 Å². The number of benzene rings is 1. The molecule has 1 aromatic carbocycles. The molecule has 1 saturated heterocycles. The number of amides is 1. The van der Waals surface area contributed by atoms with Crippen LogP contribution in [-0.2, 0) is 20.7 Å². The fraction of sp³-hybridized carbons (Fsp3) is 0.556. The summed E-state index contributed by atoms with van der Waals surface area (Å²) in [5, 5.41) is 0. The van der Waals surface area contributed by atoms with E-state index in [1.165, 1.54) is 0 Å². The standard InChI is InChI=1S/C18H25NO3/c1-5-22-17(21)18(4)10-7-11-19(18)16(20)12-15-13(2)8-6-9-14(15)3/h6,8-9H,5,7,10-12H2,1-4H3. The zero-order valence-electron chi connectivity index (χ0n) is 13.9. The van der Waals surface area contributed by atoms with Gasteiger partial charge in [0.25, 0.3) is 0 Å². The molecule has 4 heteroatoms. The van der Waals surface area contributed by atoms with E-state index in [-0.39, 0.29) is 11.9 Å². The fourth-order valence-corrected chi connectivity index (χ4v) is 3.24. The Hall–Kier alpha value is -1.84. The van der Waals surface area contributed by atoms with Gasteiger partial charge in [-0.2, -0.15) is 0 Å². The van der Waals surface area contributed by atoms with E-state index in [1.807, 2.05) is 39.0 Å². The number of carbonyl (C=O) groups excluding carboxylic acids is 2. The van der Waals surface area contributed by atoms with Gasteiger partial charge in [0.05, 0.1) is 13.0 Å². The minimum Gasteiger partial charge on any atom is -0.464 e. The van der Waals surface area contributed by atoms with E-state index in [0.717, 1.165) is 23.1 Å². The topological polar surface area (TPSA) is 46.6 Å². The van der Waals surface area contributed by atoms with Crippen LogP contribution < -0.4 is 0 Å². The smallest absolute Gasteiger partial charge is 0.331 e. The van der Waals surface area contributed by atoms with E-state index in [0.29, 0.717) is 26.0 Å². The number of esters is 1. The molecule has 0 N–H and O–H groups in total. The minimum absolute atomic E-state index is 0.00505. The number of nitrogens with zero attached hydrogens (tertiary/aromatic N) is 1. The first kappa shape index (κ1) is 16.5. The van der Waals surface area contributed by atoms with Crippen molar-refractivity contribution in [1.82, 2.24) is 4.90 Å². The van der Waals surface area contributed by atoms with Gasteiger partial charge in [-0.3, -0.25) is 4.79 Å². The summed E-state index contributed by atoms with van der Waals surface area (Å²) in [5.74, 6) is -0.284. The summed E-state index contributed by atoms with van der Waals surface area (Å²) in [6.45, 7) is 8.61. The maximum absolute atomic E-state index is 12.8. The molecule has 2 rings (SSSR count). The molecular formula is C18H25NO3. The molecule has 0 aliphatic carbocycles. The third kappa shape index (κ3) is 3.01. The van der Waals surface area contributed by atoms with Crippen molar-refractivity contribution >= 4 is 11.9 Å². The molecule has 1 fully saturated rings. The summed E-state index contributed by atoms with van der Waals surface area (Å²) in [5.41, 5.74) is 2.48. The second kappa shape index (κ2) is 6.51. The maximum Gasteiger partial charge on any atom is 0.331 e. The highest BCUT2D eigenvalue weighted by Gasteiger charge is 2.46. The van der Waals surface area contributed by atoms with Crippen LogP contribution in [0.4, 0.5) is 0 Å². The summed E-state index contributed by atoms with van der Waals surface area (Å²) in [6.07, 6.45) is 1.85. The number of aryl methyl sites for hydroxylation is 2. The van der Waals surface area contributed by atoms with Gasteiger partial charge in [-0.1, -0.05) is 18.2 Å². The van der Waals surface area contributed by atoms with E-state index in [1.54, 1.807) is 11.8 Å². The molecule has 0 saturated carbocycles. The number of hydrogen-bond donors (Lipinski definition) is 0. The Morgan fingerprint density at radius 3 is 2.50 bits per heavy atom. The number of ether oxygens (including phenoxy) is 1. The van der Waals surface area contributed by atoms with Gasteiger partial charge in [0.15, 0.2) is 0 Å². The molecule has 0 spiro atoms. The highest BCUT2D eigenvalue weighted by atomic mass is 16.5. The second-order valence-electron chi connectivity index (χ2n) is 6.19. The Labute approximate surface area is 132 Å². The van der Waals surface area contributed by atoms with E-state index in [2.05, 4.69) is 0 Å². The van der Waals surface area contributed by atoms with Gasteiger partial charge < -0.3 is 9.64 Å². The number of carbonyl (C=O) groups is 2. The zero-order chi connectivity index (χ0) is 16.3. The molecule has 1 unspecified atom stereocenters. The van der Waals surface area contributed by atoms with Crippen molar-refractivity contribution in [2.24, 2.45) is 0 Å². The quantitative estimate of drug-likeness (QED) is 0.804. The van der Waals surface area contributed by atoms with E-state index in [9.17, 15) is 9.59 Å². The van der Waals surface area contributed by atoms with Crippen LogP contribution >= 0.6 is 0 Å². The molecule has 1 atom stereocenters. The molecule has 120 valence electrons.